The first-order chi connectivity index (χ1) is 18.4. The number of aromatic nitrogens is 3. The van der Waals surface area contributed by atoms with E-state index in [4.69, 9.17) is 15.2 Å². The summed E-state index contributed by atoms with van der Waals surface area (Å²) in [5, 5.41) is 13.8. The number of ether oxygens (including phenoxy) is 2. The number of H-pyrrole nitrogens is 1. The summed E-state index contributed by atoms with van der Waals surface area (Å²) in [5.41, 5.74) is 7.94. The van der Waals surface area contributed by atoms with E-state index in [0.717, 1.165) is 23.7 Å². The van der Waals surface area contributed by atoms with Gasteiger partial charge < -0.3 is 30.4 Å². The Morgan fingerprint density at radius 3 is 2.79 bits per heavy atom. The number of nitrogen functional groups attached to an aromatic ring is 1. The van der Waals surface area contributed by atoms with Crippen molar-refractivity contribution in [3.63, 3.8) is 0 Å². The number of nitrogens with one attached hydrogen (secondary N) is 2. The van der Waals surface area contributed by atoms with Gasteiger partial charge in [-0.1, -0.05) is 13.3 Å². The molecule has 2 atom stereocenters. The van der Waals surface area contributed by atoms with Gasteiger partial charge in [-0.3, -0.25) is 4.79 Å². The fourth-order valence-corrected chi connectivity index (χ4v) is 5.13. The average Bonchev–Trinajstić information content (AvgIpc) is 3.36. The number of amides is 1. The van der Waals surface area contributed by atoms with Crippen LogP contribution in [0.5, 0.6) is 11.5 Å². The molecule has 1 amide bonds. The molecule has 4 aromatic rings. The third kappa shape index (κ3) is 4.22. The number of nitrogens with two attached hydrogens (primary N) is 1. The molecule has 3 heterocycles. The number of carbonyl (C=O) groups excluding carboxylic acids is 1. The highest BCUT2D eigenvalue weighted by Gasteiger charge is 2.38. The molecule has 0 saturated carbocycles. The van der Waals surface area contributed by atoms with Crippen molar-refractivity contribution in [1.82, 2.24) is 25.2 Å². The summed E-state index contributed by atoms with van der Waals surface area (Å²) in [7, 11) is 2.76. The summed E-state index contributed by atoms with van der Waals surface area (Å²) in [6.45, 7) is 3.02. The third-order valence-corrected chi connectivity index (χ3v) is 6.90. The van der Waals surface area contributed by atoms with Crippen LogP contribution in [-0.2, 0) is 0 Å². The van der Waals surface area contributed by atoms with E-state index in [0.29, 0.717) is 29.7 Å². The van der Waals surface area contributed by atoms with Gasteiger partial charge in [0.25, 0.3) is 5.91 Å². The van der Waals surface area contributed by atoms with Gasteiger partial charge in [0.15, 0.2) is 23.1 Å². The number of nitriles is 1. The second-order valence-corrected chi connectivity index (χ2v) is 9.18. The molecule has 11 heteroatoms. The summed E-state index contributed by atoms with van der Waals surface area (Å²) < 4.78 is 26.0. The number of anilines is 1. The number of methoxy groups -OCH3 is 2. The zero-order chi connectivity index (χ0) is 27.0. The topological polar surface area (TPSA) is 142 Å². The quantitative estimate of drug-likeness (QED) is 0.352. The van der Waals surface area contributed by atoms with E-state index >= 15 is 4.39 Å². The van der Waals surface area contributed by atoms with Crippen LogP contribution in [0.1, 0.15) is 47.7 Å². The molecule has 5 rings (SSSR count). The van der Waals surface area contributed by atoms with Crippen LogP contribution < -0.4 is 20.5 Å². The molecule has 2 aromatic carbocycles. The van der Waals surface area contributed by atoms with Crippen molar-refractivity contribution in [2.24, 2.45) is 0 Å². The lowest BCUT2D eigenvalue weighted by Crippen LogP contribution is -2.55. The largest absolute Gasteiger partial charge is 0.493 e. The molecule has 0 aliphatic carbocycles. The molecular weight excluding hydrogens is 489 g/mol. The summed E-state index contributed by atoms with van der Waals surface area (Å²) in [6, 6.07) is 9.82. The van der Waals surface area contributed by atoms with Gasteiger partial charge in [-0.25, -0.2) is 14.4 Å². The van der Waals surface area contributed by atoms with E-state index in [1.165, 1.54) is 14.2 Å². The Balaban J connectivity index is 1.62. The lowest BCUT2D eigenvalue weighted by molar-refractivity contribution is 0.0531. The number of carbonyl (C=O) groups is 1. The smallest absolute Gasteiger partial charge is 0.271 e. The molecule has 2 aromatic heterocycles. The number of rotatable bonds is 6. The van der Waals surface area contributed by atoms with Crippen LogP contribution in [0.25, 0.3) is 21.8 Å². The van der Waals surface area contributed by atoms with Crippen molar-refractivity contribution < 1.29 is 18.7 Å². The van der Waals surface area contributed by atoms with E-state index < -0.39 is 11.9 Å². The van der Waals surface area contributed by atoms with Crippen LogP contribution >= 0.6 is 0 Å². The van der Waals surface area contributed by atoms with E-state index in [-0.39, 0.29) is 40.6 Å². The second-order valence-electron chi connectivity index (χ2n) is 9.18. The Morgan fingerprint density at radius 2 is 2.08 bits per heavy atom. The zero-order valence-corrected chi connectivity index (χ0v) is 21.3. The molecule has 196 valence electrons. The number of hydrogen-bond acceptors (Lipinski definition) is 8. The number of fused-ring (bicyclic) bond motifs is 2. The van der Waals surface area contributed by atoms with Crippen LogP contribution in [-0.4, -0.2) is 59.1 Å². The zero-order valence-electron chi connectivity index (χ0n) is 21.3. The van der Waals surface area contributed by atoms with Crippen LogP contribution in [0.15, 0.2) is 30.3 Å². The van der Waals surface area contributed by atoms with E-state index in [2.05, 4.69) is 33.3 Å². The monoisotopic (exact) mass is 517 g/mol. The molecule has 1 aliphatic heterocycles. The fourth-order valence-electron chi connectivity index (χ4n) is 5.13. The maximum atomic E-state index is 15.5. The number of hydrogen-bond donors (Lipinski definition) is 3. The van der Waals surface area contributed by atoms with Gasteiger partial charge in [-0.15, -0.1) is 0 Å². The first-order valence-electron chi connectivity index (χ1n) is 12.3. The minimum absolute atomic E-state index is 0.00647. The van der Waals surface area contributed by atoms with Crippen molar-refractivity contribution in [3.8, 4) is 17.6 Å². The molecule has 1 aliphatic rings. The van der Waals surface area contributed by atoms with Crippen LogP contribution in [0, 0.1) is 17.1 Å². The van der Waals surface area contributed by atoms with Crippen LogP contribution in [0.2, 0.25) is 0 Å². The number of aromatic amines is 1. The number of halogens is 1. The maximum Gasteiger partial charge on any atom is 0.271 e. The average molecular weight is 518 g/mol. The van der Waals surface area contributed by atoms with Crippen molar-refractivity contribution in [3.05, 3.63) is 53.2 Å². The first-order valence-corrected chi connectivity index (χ1v) is 12.3. The van der Waals surface area contributed by atoms with Crippen molar-refractivity contribution in [1.29, 1.82) is 5.26 Å². The normalized spacial score (nSPS) is 17.5. The molecular formula is C27H28FN7O3. The van der Waals surface area contributed by atoms with E-state index in [1.807, 2.05) is 0 Å². The van der Waals surface area contributed by atoms with Gasteiger partial charge >= 0.3 is 0 Å². The van der Waals surface area contributed by atoms with Gasteiger partial charge in [0.2, 0.25) is 0 Å². The molecule has 38 heavy (non-hydrogen) atoms. The van der Waals surface area contributed by atoms with Crippen molar-refractivity contribution in [2.45, 2.75) is 31.8 Å². The van der Waals surface area contributed by atoms with Gasteiger partial charge in [-0.2, -0.15) is 5.26 Å². The van der Waals surface area contributed by atoms with Gasteiger partial charge in [0.1, 0.15) is 23.1 Å². The fraction of sp³-hybridized carbons (Fsp3) is 0.333. The summed E-state index contributed by atoms with van der Waals surface area (Å²) in [4.78, 5) is 27.9. The highest BCUT2D eigenvalue weighted by atomic mass is 19.1. The molecule has 10 nitrogen and oxygen atoms in total. The molecule has 0 spiro atoms. The lowest BCUT2D eigenvalue weighted by atomic mass is 9.97. The SMILES string of the molecule is CCCC1NCCN(C(=O)c2cc3cc(C#N)ccc3[nH]2)C1c1nc(N)c2cc(OC)c(OC)c(F)c2n1. The second kappa shape index (κ2) is 10.1. The lowest BCUT2D eigenvalue weighted by Gasteiger charge is -2.41. The number of piperazine rings is 1. The summed E-state index contributed by atoms with van der Waals surface area (Å²) in [5.74, 6) is -0.550. The molecule has 1 saturated heterocycles. The Bertz CT molecular complexity index is 1580. The highest BCUT2D eigenvalue weighted by Crippen LogP contribution is 2.38. The summed E-state index contributed by atoms with van der Waals surface area (Å²) >= 11 is 0. The van der Waals surface area contributed by atoms with Gasteiger partial charge in [-0.05, 0) is 36.8 Å². The summed E-state index contributed by atoms with van der Waals surface area (Å²) in [6.07, 6.45) is 1.59. The Kier molecular flexibility index (Phi) is 6.73. The molecule has 4 N–H and O–H groups in total. The number of nitrogens with zero attached hydrogens (tertiary/aromatic N) is 4. The van der Waals surface area contributed by atoms with Crippen LogP contribution in [0.4, 0.5) is 10.2 Å². The first kappa shape index (κ1) is 25.2. The number of benzene rings is 2. The van der Waals surface area contributed by atoms with Crippen molar-refractivity contribution >= 4 is 33.5 Å². The molecule has 0 bridgehead atoms. The standard InChI is InChI=1S/C27H28FN7O3/c1-4-5-18-23(26-33-22-16(25(30)34-26)12-20(37-2)24(38-3)21(22)28)35(9-8-31-18)27(36)19-11-15-10-14(13-29)6-7-17(15)32-19/h6-7,10-12,18,23,31-32H,4-5,8-9H2,1-3H3,(H2,30,33,34). The Hall–Kier alpha value is -4.43. The van der Waals surface area contributed by atoms with Gasteiger partial charge in [0, 0.05) is 35.4 Å². The minimum atomic E-state index is -0.713. The molecule has 1 fully saturated rings. The minimum Gasteiger partial charge on any atom is -0.493 e. The third-order valence-electron chi connectivity index (χ3n) is 6.90. The maximum absolute atomic E-state index is 15.5. The highest BCUT2D eigenvalue weighted by molar-refractivity contribution is 5.98. The van der Waals surface area contributed by atoms with Crippen molar-refractivity contribution in [2.75, 3.05) is 33.0 Å². The van der Waals surface area contributed by atoms with E-state index in [9.17, 15) is 10.1 Å². The molecule has 0 radical (unpaired) electrons. The van der Waals surface area contributed by atoms with Gasteiger partial charge in [0.05, 0.1) is 25.9 Å². The Labute approximate surface area is 218 Å². The predicted octanol–water partition coefficient (Wildman–Crippen LogP) is 3.68. The Morgan fingerprint density at radius 1 is 1.26 bits per heavy atom. The van der Waals surface area contributed by atoms with Crippen LogP contribution in [0.3, 0.4) is 0 Å². The predicted molar refractivity (Wildman–Crippen MR) is 141 cm³/mol. The molecule has 2 unspecified atom stereocenters. The van der Waals surface area contributed by atoms with E-state index in [1.54, 1.807) is 35.2 Å².